The molecule has 0 spiro atoms. The molecule has 0 saturated carbocycles. The van der Waals surface area contributed by atoms with E-state index in [4.69, 9.17) is 15.2 Å². The topological polar surface area (TPSA) is 88.1 Å². The van der Waals surface area contributed by atoms with E-state index in [-0.39, 0.29) is 18.2 Å². The summed E-state index contributed by atoms with van der Waals surface area (Å²) < 4.78 is 14.0. The number of nitrogens with two attached hydrogens (primary N) is 1. The lowest BCUT2D eigenvalue weighted by atomic mass is 10.1. The van der Waals surface area contributed by atoms with Crippen LogP contribution in [0.25, 0.3) is 11.2 Å². The summed E-state index contributed by atoms with van der Waals surface area (Å²) in [5.74, 6) is -0.189. The zero-order valence-corrected chi connectivity index (χ0v) is 12.1. The number of ether oxygens (including phenoxy) is 2. The molecule has 0 radical (unpaired) electrons. The first-order valence-corrected chi connectivity index (χ1v) is 6.93. The number of nitrogen functional groups attached to an aromatic ring is 1. The van der Waals surface area contributed by atoms with Gasteiger partial charge < -0.3 is 19.8 Å². The summed E-state index contributed by atoms with van der Waals surface area (Å²) in [5.41, 5.74) is 8.34. The number of hydrogen-bond acceptors (Lipinski definition) is 6. The SMILES string of the molecule is CC1=CC(n2cnc3c(N)ncnc32)C2OC(C)(C)OC12. The summed E-state index contributed by atoms with van der Waals surface area (Å²) in [6.45, 7) is 5.93. The van der Waals surface area contributed by atoms with Gasteiger partial charge in [0.05, 0.1) is 12.4 Å². The van der Waals surface area contributed by atoms with Crippen LogP contribution in [0, 0.1) is 0 Å². The Labute approximate surface area is 121 Å². The summed E-state index contributed by atoms with van der Waals surface area (Å²) in [5, 5.41) is 0. The second kappa shape index (κ2) is 4.02. The van der Waals surface area contributed by atoms with Gasteiger partial charge in [0, 0.05) is 0 Å². The zero-order chi connectivity index (χ0) is 14.8. The second-order valence-corrected chi connectivity index (χ2v) is 6.00. The average molecular weight is 287 g/mol. The van der Waals surface area contributed by atoms with Gasteiger partial charge >= 0.3 is 0 Å². The van der Waals surface area contributed by atoms with Gasteiger partial charge in [0.2, 0.25) is 0 Å². The quantitative estimate of drug-likeness (QED) is 0.798. The third-order valence-corrected chi connectivity index (χ3v) is 4.06. The molecule has 2 N–H and O–H groups in total. The number of fused-ring (bicyclic) bond motifs is 2. The third-order valence-electron chi connectivity index (χ3n) is 4.06. The average Bonchev–Trinajstić information content (AvgIpc) is 3.04. The molecule has 1 fully saturated rings. The molecule has 4 rings (SSSR count). The van der Waals surface area contributed by atoms with E-state index in [0.717, 1.165) is 0 Å². The van der Waals surface area contributed by atoms with Crippen molar-refractivity contribution in [3.05, 3.63) is 24.3 Å². The van der Waals surface area contributed by atoms with E-state index in [0.29, 0.717) is 17.0 Å². The molecule has 7 heteroatoms. The fourth-order valence-electron chi connectivity index (χ4n) is 3.18. The van der Waals surface area contributed by atoms with Crippen molar-refractivity contribution in [2.75, 3.05) is 5.73 Å². The van der Waals surface area contributed by atoms with Crippen LogP contribution in [0.2, 0.25) is 0 Å². The largest absolute Gasteiger partial charge is 0.382 e. The molecule has 3 heterocycles. The minimum absolute atomic E-state index is 0.00363. The minimum Gasteiger partial charge on any atom is -0.382 e. The van der Waals surface area contributed by atoms with Crippen molar-refractivity contribution in [3.8, 4) is 0 Å². The van der Waals surface area contributed by atoms with E-state index in [2.05, 4.69) is 28.0 Å². The summed E-state index contributed by atoms with van der Waals surface area (Å²) in [7, 11) is 0. The summed E-state index contributed by atoms with van der Waals surface area (Å²) >= 11 is 0. The summed E-state index contributed by atoms with van der Waals surface area (Å²) in [6.07, 6.45) is 5.23. The predicted octanol–water partition coefficient (Wildman–Crippen LogP) is 1.43. The second-order valence-electron chi connectivity index (χ2n) is 6.00. The fourth-order valence-corrected chi connectivity index (χ4v) is 3.18. The van der Waals surface area contributed by atoms with Crippen LogP contribution in [0.3, 0.4) is 0 Å². The van der Waals surface area contributed by atoms with Gasteiger partial charge in [0.1, 0.15) is 24.1 Å². The van der Waals surface area contributed by atoms with E-state index in [1.807, 2.05) is 18.4 Å². The van der Waals surface area contributed by atoms with Crippen LogP contribution >= 0.6 is 0 Å². The number of nitrogens with zero attached hydrogens (tertiary/aromatic N) is 4. The maximum Gasteiger partial charge on any atom is 0.166 e. The number of aromatic nitrogens is 4. The third kappa shape index (κ3) is 1.77. The lowest BCUT2D eigenvalue weighted by molar-refractivity contribution is -0.147. The van der Waals surface area contributed by atoms with Gasteiger partial charge in [-0.25, -0.2) is 15.0 Å². The Morgan fingerprint density at radius 2 is 2.05 bits per heavy atom. The Bertz CT molecular complexity index is 751. The van der Waals surface area contributed by atoms with Gasteiger partial charge in [-0.3, -0.25) is 0 Å². The van der Waals surface area contributed by atoms with Crippen molar-refractivity contribution in [1.29, 1.82) is 0 Å². The van der Waals surface area contributed by atoms with Crippen LogP contribution in [0.15, 0.2) is 24.3 Å². The lowest BCUT2D eigenvalue weighted by Crippen LogP contribution is -2.27. The fraction of sp³-hybridized carbons (Fsp3) is 0.500. The van der Waals surface area contributed by atoms with Crippen molar-refractivity contribution in [2.24, 2.45) is 0 Å². The number of rotatable bonds is 1. The molecular formula is C14H17N5O2. The van der Waals surface area contributed by atoms with Gasteiger partial charge in [-0.1, -0.05) is 6.08 Å². The molecule has 7 nitrogen and oxygen atoms in total. The predicted molar refractivity (Wildman–Crippen MR) is 76.4 cm³/mol. The van der Waals surface area contributed by atoms with Crippen LogP contribution in [-0.4, -0.2) is 37.5 Å². The van der Waals surface area contributed by atoms with Gasteiger partial charge in [-0.05, 0) is 26.3 Å². The maximum absolute atomic E-state index is 6.06. The van der Waals surface area contributed by atoms with Crippen LogP contribution in [0.5, 0.6) is 0 Å². The number of hydrogen-bond donors (Lipinski definition) is 1. The molecule has 2 aromatic rings. The lowest BCUT2D eigenvalue weighted by Gasteiger charge is -2.21. The van der Waals surface area contributed by atoms with Crippen molar-refractivity contribution in [3.63, 3.8) is 0 Å². The zero-order valence-electron chi connectivity index (χ0n) is 12.1. The molecule has 1 saturated heterocycles. The first-order valence-electron chi connectivity index (χ1n) is 6.93. The Kier molecular flexibility index (Phi) is 2.44. The molecule has 21 heavy (non-hydrogen) atoms. The van der Waals surface area contributed by atoms with Crippen LogP contribution in [0.1, 0.15) is 26.8 Å². The van der Waals surface area contributed by atoms with Crippen LogP contribution < -0.4 is 5.73 Å². The van der Waals surface area contributed by atoms with E-state index >= 15 is 0 Å². The molecule has 110 valence electrons. The highest BCUT2D eigenvalue weighted by atomic mass is 16.8. The Balaban J connectivity index is 1.81. The normalized spacial score (nSPS) is 30.6. The standard InChI is InChI=1S/C14H17N5O2/c1-7-4-8(11-10(7)20-14(2,3)21-11)19-6-18-9-12(15)16-5-17-13(9)19/h4-6,8,10-11H,1-3H3,(H2,15,16,17). The molecule has 3 unspecified atom stereocenters. The van der Waals surface area contributed by atoms with Gasteiger partial charge in [0.25, 0.3) is 0 Å². The Morgan fingerprint density at radius 1 is 1.24 bits per heavy atom. The van der Waals surface area contributed by atoms with E-state index in [1.54, 1.807) is 6.33 Å². The van der Waals surface area contributed by atoms with Gasteiger partial charge in [-0.2, -0.15) is 0 Å². The molecule has 3 atom stereocenters. The summed E-state index contributed by atoms with van der Waals surface area (Å²) in [6, 6.07) is -0.00363. The van der Waals surface area contributed by atoms with Crippen molar-refractivity contribution in [2.45, 2.75) is 44.8 Å². The van der Waals surface area contributed by atoms with Gasteiger partial charge in [0.15, 0.2) is 17.3 Å². The van der Waals surface area contributed by atoms with Crippen LogP contribution in [0.4, 0.5) is 5.82 Å². The number of imidazole rings is 1. The Morgan fingerprint density at radius 3 is 2.86 bits per heavy atom. The molecule has 0 aromatic carbocycles. The number of anilines is 1. The van der Waals surface area contributed by atoms with E-state index in [9.17, 15) is 0 Å². The highest BCUT2D eigenvalue weighted by molar-refractivity contribution is 5.81. The van der Waals surface area contributed by atoms with E-state index in [1.165, 1.54) is 11.9 Å². The minimum atomic E-state index is -0.576. The molecule has 0 bridgehead atoms. The molecule has 1 aliphatic carbocycles. The van der Waals surface area contributed by atoms with Crippen molar-refractivity contribution < 1.29 is 9.47 Å². The first kappa shape index (κ1) is 12.7. The Hall–Kier alpha value is -1.99. The maximum atomic E-state index is 6.06. The molecule has 0 amide bonds. The first-order chi connectivity index (χ1) is 9.96. The van der Waals surface area contributed by atoms with Gasteiger partial charge in [-0.15, -0.1) is 0 Å². The highest BCUT2D eigenvalue weighted by Gasteiger charge is 2.49. The van der Waals surface area contributed by atoms with Crippen LogP contribution in [-0.2, 0) is 9.47 Å². The van der Waals surface area contributed by atoms with E-state index < -0.39 is 5.79 Å². The van der Waals surface area contributed by atoms with Crippen molar-refractivity contribution >= 4 is 17.0 Å². The molecular weight excluding hydrogens is 270 g/mol. The summed E-state index contributed by atoms with van der Waals surface area (Å²) in [4.78, 5) is 12.6. The molecule has 2 aliphatic rings. The van der Waals surface area contributed by atoms with Crippen molar-refractivity contribution in [1.82, 2.24) is 19.5 Å². The monoisotopic (exact) mass is 287 g/mol. The molecule has 1 aliphatic heterocycles. The molecule has 2 aromatic heterocycles. The smallest absolute Gasteiger partial charge is 0.166 e. The highest BCUT2D eigenvalue weighted by Crippen LogP contribution is 2.43.